The number of nitrogens with one attached hydrogen (secondary N) is 1. The summed E-state index contributed by atoms with van der Waals surface area (Å²) in [7, 11) is 3.18. The zero-order valence-electron chi connectivity index (χ0n) is 8.92. The van der Waals surface area contributed by atoms with Crippen molar-refractivity contribution in [3.8, 4) is 0 Å². The molecule has 1 aromatic heterocycles. The van der Waals surface area contributed by atoms with Crippen LogP contribution in [0.15, 0.2) is 34.5 Å². The molecule has 0 aliphatic carbocycles. The number of amides is 1. The average Bonchev–Trinajstić information content (AvgIpc) is 2.33. The first-order chi connectivity index (χ1) is 7.83. The molecule has 0 saturated carbocycles. The maximum absolute atomic E-state index is 11.2. The Bertz CT molecular complexity index is 343. The van der Waals surface area contributed by atoms with Crippen LogP contribution in [0.5, 0.6) is 0 Å². The molecular weight excluding hydrogens is 242 g/mol. The van der Waals surface area contributed by atoms with Crippen LogP contribution in [0.4, 0.5) is 0 Å². The highest BCUT2D eigenvalue weighted by molar-refractivity contribution is 8.76. The Labute approximate surface area is 103 Å². The van der Waals surface area contributed by atoms with Gasteiger partial charge >= 0.3 is 0 Å². The molecule has 1 heterocycles. The second-order valence-corrected chi connectivity index (χ2v) is 5.18. The number of hydrogen-bond donors (Lipinski definition) is 1. The molecule has 4 nitrogen and oxygen atoms in total. The summed E-state index contributed by atoms with van der Waals surface area (Å²) in [4.78, 5) is 15.3. The van der Waals surface area contributed by atoms with Gasteiger partial charge in [-0.1, -0.05) is 16.9 Å². The summed E-state index contributed by atoms with van der Waals surface area (Å²) in [5, 5.41) is 4.61. The summed E-state index contributed by atoms with van der Waals surface area (Å²) >= 11 is 0. The number of carbonyl (C=O) groups is 1. The van der Waals surface area contributed by atoms with E-state index in [1.165, 1.54) is 0 Å². The molecule has 0 saturated heterocycles. The van der Waals surface area contributed by atoms with E-state index in [0.717, 1.165) is 10.8 Å². The minimum absolute atomic E-state index is 0.0628. The molecule has 0 aromatic carbocycles. The third-order valence-electron chi connectivity index (χ3n) is 1.51. The first-order valence-corrected chi connectivity index (χ1v) is 7.12. The van der Waals surface area contributed by atoms with Gasteiger partial charge in [0.25, 0.3) is 0 Å². The summed E-state index contributed by atoms with van der Waals surface area (Å²) < 4.78 is 0. The van der Waals surface area contributed by atoms with Crippen LogP contribution in [-0.2, 0) is 4.79 Å². The lowest BCUT2D eigenvalue weighted by molar-refractivity contribution is -0.120. The molecule has 1 amide bonds. The van der Waals surface area contributed by atoms with Crippen LogP contribution in [0.3, 0.4) is 0 Å². The fourth-order valence-electron chi connectivity index (χ4n) is 0.825. The van der Waals surface area contributed by atoms with Gasteiger partial charge in [-0.15, -0.1) is 0 Å². The average molecular weight is 255 g/mol. The van der Waals surface area contributed by atoms with Crippen molar-refractivity contribution in [2.24, 2.45) is 5.10 Å². The summed E-state index contributed by atoms with van der Waals surface area (Å²) in [6.45, 7) is 1.76. The fraction of sp³-hybridized carbons (Fsp3) is 0.300. The van der Waals surface area contributed by atoms with Crippen LogP contribution in [0, 0.1) is 0 Å². The van der Waals surface area contributed by atoms with Gasteiger partial charge in [0, 0.05) is 24.6 Å². The van der Waals surface area contributed by atoms with Crippen LogP contribution in [0.1, 0.15) is 13.3 Å². The van der Waals surface area contributed by atoms with Crippen molar-refractivity contribution in [3.05, 3.63) is 24.4 Å². The quantitative estimate of drug-likeness (QED) is 0.367. The van der Waals surface area contributed by atoms with Gasteiger partial charge in [0.15, 0.2) is 0 Å². The molecule has 0 fully saturated rings. The van der Waals surface area contributed by atoms with Gasteiger partial charge in [0.2, 0.25) is 5.91 Å². The molecular formula is C10H13N3OS2. The highest BCUT2D eigenvalue weighted by Crippen LogP contribution is 2.29. The van der Waals surface area contributed by atoms with Gasteiger partial charge in [-0.25, -0.2) is 10.4 Å². The third kappa shape index (κ3) is 5.77. The lowest BCUT2D eigenvalue weighted by atomic mass is 10.5. The SMILES string of the molecule is C/C=N\NC(=O)CCSSc1ccccn1. The minimum atomic E-state index is -0.0628. The predicted molar refractivity (Wildman–Crippen MR) is 69.5 cm³/mol. The number of rotatable bonds is 6. The van der Waals surface area contributed by atoms with E-state index in [1.807, 2.05) is 18.2 Å². The molecule has 0 aliphatic heterocycles. The van der Waals surface area contributed by atoms with E-state index in [-0.39, 0.29) is 5.91 Å². The van der Waals surface area contributed by atoms with Crippen LogP contribution in [0.2, 0.25) is 0 Å². The Kier molecular flexibility index (Phi) is 6.67. The van der Waals surface area contributed by atoms with Crippen molar-refractivity contribution < 1.29 is 4.79 Å². The van der Waals surface area contributed by atoms with E-state index in [0.29, 0.717) is 6.42 Å². The number of pyridine rings is 1. The van der Waals surface area contributed by atoms with E-state index in [1.54, 1.807) is 40.9 Å². The molecule has 1 rings (SSSR count). The lowest BCUT2D eigenvalue weighted by Crippen LogP contribution is -2.17. The normalized spacial score (nSPS) is 10.6. The topological polar surface area (TPSA) is 54.4 Å². The number of hydrazone groups is 1. The van der Waals surface area contributed by atoms with E-state index in [9.17, 15) is 4.79 Å². The standard InChI is InChI=1S/C10H13N3OS2/c1-2-12-13-9(14)6-8-15-16-10-5-3-4-7-11-10/h2-5,7H,6,8H2,1H3,(H,13,14)/b12-2-. The molecule has 0 spiro atoms. The monoisotopic (exact) mass is 255 g/mol. The predicted octanol–water partition coefficient (Wildman–Crippen LogP) is 2.33. The molecule has 6 heteroatoms. The van der Waals surface area contributed by atoms with Crippen molar-refractivity contribution >= 4 is 33.7 Å². The summed E-state index contributed by atoms with van der Waals surface area (Å²) in [5.41, 5.74) is 2.42. The van der Waals surface area contributed by atoms with Crippen LogP contribution >= 0.6 is 21.6 Å². The molecule has 1 aromatic rings. The Morgan fingerprint density at radius 3 is 3.19 bits per heavy atom. The smallest absolute Gasteiger partial charge is 0.240 e. The van der Waals surface area contributed by atoms with E-state index in [2.05, 4.69) is 15.5 Å². The first kappa shape index (κ1) is 13.1. The second-order valence-electron chi connectivity index (χ2n) is 2.75. The minimum Gasteiger partial charge on any atom is -0.273 e. The second kappa shape index (κ2) is 8.18. The molecule has 0 aliphatic rings. The van der Waals surface area contributed by atoms with Crippen LogP contribution in [-0.4, -0.2) is 22.9 Å². The van der Waals surface area contributed by atoms with Crippen LogP contribution in [0.25, 0.3) is 0 Å². The zero-order chi connectivity index (χ0) is 11.6. The van der Waals surface area contributed by atoms with Gasteiger partial charge in [-0.05, 0) is 29.9 Å². The van der Waals surface area contributed by atoms with Gasteiger partial charge in [-0.3, -0.25) is 4.79 Å². The summed E-state index contributed by atoms with van der Waals surface area (Å²) in [6, 6.07) is 5.77. The largest absolute Gasteiger partial charge is 0.273 e. The van der Waals surface area contributed by atoms with Gasteiger partial charge in [0.1, 0.15) is 5.03 Å². The van der Waals surface area contributed by atoms with Crippen molar-refractivity contribution in [2.45, 2.75) is 18.4 Å². The number of hydrogen-bond acceptors (Lipinski definition) is 5. The van der Waals surface area contributed by atoms with E-state index in [4.69, 9.17) is 0 Å². The summed E-state index contributed by atoms with van der Waals surface area (Å²) in [6.07, 6.45) is 3.76. The first-order valence-electron chi connectivity index (χ1n) is 4.80. The van der Waals surface area contributed by atoms with Crippen molar-refractivity contribution in [3.63, 3.8) is 0 Å². The van der Waals surface area contributed by atoms with Gasteiger partial charge in [0.05, 0.1) is 0 Å². The lowest BCUT2D eigenvalue weighted by Gasteiger charge is -1.99. The number of nitrogens with zero attached hydrogens (tertiary/aromatic N) is 2. The maximum atomic E-state index is 11.2. The van der Waals surface area contributed by atoms with Crippen molar-refractivity contribution in [2.75, 3.05) is 5.75 Å². The van der Waals surface area contributed by atoms with E-state index < -0.39 is 0 Å². The molecule has 1 N–H and O–H groups in total. The molecule has 0 unspecified atom stereocenters. The van der Waals surface area contributed by atoms with Crippen molar-refractivity contribution in [1.29, 1.82) is 0 Å². The third-order valence-corrected chi connectivity index (χ3v) is 3.78. The Morgan fingerprint density at radius 2 is 2.50 bits per heavy atom. The molecule has 16 heavy (non-hydrogen) atoms. The van der Waals surface area contributed by atoms with E-state index >= 15 is 0 Å². The molecule has 0 bridgehead atoms. The van der Waals surface area contributed by atoms with Gasteiger partial charge in [-0.2, -0.15) is 5.10 Å². The van der Waals surface area contributed by atoms with Gasteiger partial charge < -0.3 is 0 Å². The zero-order valence-corrected chi connectivity index (χ0v) is 10.6. The fourth-order valence-corrected chi connectivity index (χ4v) is 2.69. The Morgan fingerprint density at radius 1 is 1.62 bits per heavy atom. The highest BCUT2D eigenvalue weighted by Gasteiger charge is 2.00. The number of aromatic nitrogens is 1. The molecule has 0 atom stereocenters. The van der Waals surface area contributed by atoms with Crippen molar-refractivity contribution in [1.82, 2.24) is 10.4 Å². The summed E-state index contributed by atoms with van der Waals surface area (Å²) in [5.74, 6) is 0.680. The Hall–Kier alpha value is -1.01. The molecule has 0 radical (unpaired) electrons. The number of carbonyl (C=O) groups excluding carboxylic acids is 1. The molecule has 86 valence electrons. The maximum Gasteiger partial charge on any atom is 0.240 e. The highest BCUT2D eigenvalue weighted by atomic mass is 33.1. The van der Waals surface area contributed by atoms with Crippen LogP contribution < -0.4 is 5.43 Å². The Balaban J connectivity index is 2.10.